The van der Waals surface area contributed by atoms with E-state index in [4.69, 9.17) is 14.6 Å². The van der Waals surface area contributed by atoms with Crippen molar-refractivity contribution in [3.05, 3.63) is 52.7 Å². The van der Waals surface area contributed by atoms with E-state index in [2.05, 4.69) is 4.98 Å². The molecule has 0 aliphatic rings. The van der Waals surface area contributed by atoms with Crippen LogP contribution in [0.15, 0.2) is 30.3 Å². The second-order valence-corrected chi connectivity index (χ2v) is 4.70. The molecule has 0 saturated carbocycles. The van der Waals surface area contributed by atoms with Gasteiger partial charge in [0.05, 0.1) is 31.0 Å². The Morgan fingerprint density at radius 2 is 1.78 bits per heavy atom. The lowest BCUT2D eigenvalue weighted by molar-refractivity contribution is 0.0695. The lowest BCUT2D eigenvalue weighted by atomic mass is 9.99. The van der Waals surface area contributed by atoms with E-state index in [1.54, 1.807) is 12.1 Å². The Balaban J connectivity index is 2.43. The quantitative estimate of drug-likeness (QED) is 0.840. The van der Waals surface area contributed by atoms with Crippen LogP contribution >= 0.6 is 0 Å². The Labute approximate surface area is 132 Å². The van der Waals surface area contributed by atoms with Crippen LogP contribution in [0.25, 0.3) is 0 Å². The van der Waals surface area contributed by atoms with Gasteiger partial charge in [0.2, 0.25) is 5.88 Å². The lowest BCUT2D eigenvalue weighted by Gasteiger charge is -2.10. The van der Waals surface area contributed by atoms with Crippen LogP contribution in [-0.4, -0.2) is 41.4 Å². The summed E-state index contributed by atoms with van der Waals surface area (Å²) in [6, 6.07) is 7.24. The molecule has 1 heterocycles. The van der Waals surface area contributed by atoms with E-state index in [-0.39, 0.29) is 17.5 Å². The third kappa shape index (κ3) is 3.76. The third-order valence-corrected chi connectivity index (χ3v) is 3.23. The molecule has 0 saturated heterocycles. The number of nitrogens with zero attached hydrogens (tertiary/aromatic N) is 1. The van der Waals surface area contributed by atoms with Gasteiger partial charge in [-0.3, -0.25) is 0 Å². The van der Waals surface area contributed by atoms with Crippen LogP contribution in [0.5, 0.6) is 11.6 Å². The fourth-order valence-corrected chi connectivity index (χ4v) is 2.10. The zero-order valence-corrected chi connectivity index (χ0v) is 12.6. The SMILES string of the molecule is COc1cc(Cc2ccc(C(=O)O)cc2C(=O)O)nc(OC)c1. The molecule has 0 amide bonds. The molecule has 0 aliphatic heterocycles. The van der Waals surface area contributed by atoms with E-state index in [0.717, 1.165) is 6.07 Å². The largest absolute Gasteiger partial charge is 0.496 e. The van der Waals surface area contributed by atoms with Crippen molar-refractivity contribution >= 4 is 11.9 Å². The van der Waals surface area contributed by atoms with Crippen LogP contribution < -0.4 is 9.47 Å². The summed E-state index contributed by atoms with van der Waals surface area (Å²) in [6.45, 7) is 0. The molecule has 1 aromatic carbocycles. The van der Waals surface area contributed by atoms with Gasteiger partial charge in [0.1, 0.15) is 5.75 Å². The predicted octanol–water partition coefficient (Wildman–Crippen LogP) is 2.09. The molecule has 2 aromatic rings. The van der Waals surface area contributed by atoms with E-state index >= 15 is 0 Å². The standard InChI is InChI=1S/C16H15NO6/c1-22-12-7-11(17-14(8-12)23-2)5-9-3-4-10(15(18)19)6-13(9)16(20)21/h3-4,6-8H,5H2,1-2H3,(H,18,19)(H,20,21). The fourth-order valence-electron chi connectivity index (χ4n) is 2.10. The fraction of sp³-hybridized carbons (Fsp3) is 0.188. The summed E-state index contributed by atoms with van der Waals surface area (Å²) in [6.07, 6.45) is 0.203. The van der Waals surface area contributed by atoms with Crippen LogP contribution in [0.3, 0.4) is 0 Å². The van der Waals surface area contributed by atoms with Crippen LogP contribution in [-0.2, 0) is 6.42 Å². The lowest BCUT2D eigenvalue weighted by Crippen LogP contribution is -2.07. The Morgan fingerprint density at radius 1 is 1.04 bits per heavy atom. The average molecular weight is 317 g/mol. The number of aromatic nitrogens is 1. The van der Waals surface area contributed by atoms with Crippen LogP contribution in [0.4, 0.5) is 0 Å². The maximum Gasteiger partial charge on any atom is 0.336 e. The third-order valence-electron chi connectivity index (χ3n) is 3.23. The highest BCUT2D eigenvalue weighted by Crippen LogP contribution is 2.22. The molecule has 120 valence electrons. The van der Waals surface area contributed by atoms with Gasteiger partial charge in [0.25, 0.3) is 0 Å². The van der Waals surface area contributed by atoms with E-state index in [9.17, 15) is 14.7 Å². The first-order valence-electron chi connectivity index (χ1n) is 6.63. The van der Waals surface area contributed by atoms with Crippen molar-refractivity contribution in [3.8, 4) is 11.6 Å². The zero-order chi connectivity index (χ0) is 17.0. The highest BCUT2D eigenvalue weighted by atomic mass is 16.5. The maximum atomic E-state index is 11.4. The molecule has 2 rings (SSSR count). The molecule has 2 N–H and O–H groups in total. The first kappa shape index (κ1) is 16.3. The van der Waals surface area contributed by atoms with Crippen molar-refractivity contribution < 1.29 is 29.3 Å². The molecule has 0 unspecified atom stereocenters. The van der Waals surface area contributed by atoms with Gasteiger partial charge >= 0.3 is 11.9 Å². The first-order chi connectivity index (χ1) is 10.9. The molecule has 7 nitrogen and oxygen atoms in total. The number of carboxylic acid groups (broad SMARTS) is 2. The van der Waals surface area contributed by atoms with Gasteiger partial charge in [0, 0.05) is 18.6 Å². The minimum atomic E-state index is -1.20. The van der Waals surface area contributed by atoms with Gasteiger partial charge in [-0.05, 0) is 17.7 Å². The number of rotatable bonds is 6. The van der Waals surface area contributed by atoms with Crippen molar-refractivity contribution in [2.45, 2.75) is 6.42 Å². The van der Waals surface area contributed by atoms with Gasteiger partial charge in [0.15, 0.2) is 0 Å². The molecule has 0 aliphatic carbocycles. The van der Waals surface area contributed by atoms with E-state index in [0.29, 0.717) is 22.9 Å². The van der Waals surface area contributed by atoms with Crippen LogP contribution in [0, 0.1) is 0 Å². The number of hydrogen-bond donors (Lipinski definition) is 2. The molecule has 0 radical (unpaired) electrons. The number of carboxylic acids is 2. The van der Waals surface area contributed by atoms with Crippen molar-refractivity contribution in [1.29, 1.82) is 0 Å². The number of benzene rings is 1. The smallest absolute Gasteiger partial charge is 0.336 e. The van der Waals surface area contributed by atoms with Gasteiger partial charge in [-0.15, -0.1) is 0 Å². The summed E-state index contributed by atoms with van der Waals surface area (Å²) in [7, 11) is 2.97. The maximum absolute atomic E-state index is 11.4. The summed E-state index contributed by atoms with van der Waals surface area (Å²) in [5, 5.41) is 18.3. The van der Waals surface area contributed by atoms with Gasteiger partial charge in [-0.1, -0.05) is 6.07 Å². The molecule has 1 aromatic heterocycles. The zero-order valence-electron chi connectivity index (χ0n) is 12.6. The molecule has 0 bridgehead atoms. The monoisotopic (exact) mass is 317 g/mol. The molecular weight excluding hydrogens is 302 g/mol. The van der Waals surface area contributed by atoms with Crippen LogP contribution in [0.2, 0.25) is 0 Å². The summed E-state index contributed by atoms with van der Waals surface area (Å²) in [5.74, 6) is -1.50. The van der Waals surface area contributed by atoms with E-state index < -0.39 is 11.9 Å². The van der Waals surface area contributed by atoms with Gasteiger partial charge in [-0.2, -0.15) is 0 Å². The topological polar surface area (TPSA) is 106 Å². The number of aromatic carboxylic acids is 2. The number of pyridine rings is 1. The van der Waals surface area contributed by atoms with Crippen molar-refractivity contribution in [3.63, 3.8) is 0 Å². The average Bonchev–Trinajstić information content (AvgIpc) is 2.54. The molecule has 23 heavy (non-hydrogen) atoms. The Morgan fingerprint density at radius 3 is 2.35 bits per heavy atom. The highest BCUT2D eigenvalue weighted by Gasteiger charge is 2.15. The van der Waals surface area contributed by atoms with Crippen molar-refractivity contribution in [2.24, 2.45) is 0 Å². The Kier molecular flexibility index (Phi) is 4.80. The van der Waals surface area contributed by atoms with Crippen LogP contribution in [0.1, 0.15) is 32.0 Å². The van der Waals surface area contributed by atoms with E-state index in [1.165, 1.54) is 26.4 Å². The molecule has 0 atom stereocenters. The minimum Gasteiger partial charge on any atom is -0.496 e. The Bertz CT molecular complexity index is 734. The Hall–Kier alpha value is -3.09. The normalized spacial score (nSPS) is 10.2. The summed E-state index contributed by atoms with van der Waals surface area (Å²) in [4.78, 5) is 26.6. The number of ether oxygens (including phenoxy) is 2. The second kappa shape index (κ2) is 6.78. The van der Waals surface area contributed by atoms with Gasteiger partial charge in [-0.25, -0.2) is 14.6 Å². The predicted molar refractivity (Wildman–Crippen MR) is 80.5 cm³/mol. The molecule has 0 fully saturated rings. The number of methoxy groups -OCH3 is 2. The minimum absolute atomic E-state index is 0.0755. The van der Waals surface area contributed by atoms with Crippen molar-refractivity contribution in [1.82, 2.24) is 4.98 Å². The van der Waals surface area contributed by atoms with Gasteiger partial charge < -0.3 is 19.7 Å². The summed E-state index contributed by atoms with van der Waals surface area (Å²) in [5.41, 5.74) is 0.841. The molecule has 7 heteroatoms. The molecule has 0 spiro atoms. The number of hydrogen-bond acceptors (Lipinski definition) is 5. The first-order valence-corrected chi connectivity index (χ1v) is 6.63. The second-order valence-electron chi connectivity index (χ2n) is 4.70. The summed E-state index contributed by atoms with van der Waals surface area (Å²) < 4.78 is 10.2. The summed E-state index contributed by atoms with van der Waals surface area (Å²) >= 11 is 0. The molecular formula is C16H15NO6. The van der Waals surface area contributed by atoms with Crippen molar-refractivity contribution in [2.75, 3.05) is 14.2 Å². The van der Waals surface area contributed by atoms with E-state index in [1.807, 2.05) is 0 Å². The number of carbonyl (C=O) groups is 2. The highest BCUT2D eigenvalue weighted by molar-refractivity contribution is 5.94.